The molecule has 0 radical (unpaired) electrons. The Bertz CT molecular complexity index is 79.1. The first-order chi connectivity index (χ1) is 4.06. The maximum absolute atomic E-state index is 9.89. The number of hydrogen-bond donors (Lipinski definition) is 0. The summed E-state index contributed by atoms with van der Waals surface area (Å²) in [5.41, 5.74) is 0.392. The zero-order valence-electron chi connectivity index (χ0n) is 6.61. The monoisotopic (exact) mass is 128 g/mol. The van der Waals surface area contributed by atoms with Crippen LogP contribution in [-0.2, 0) is 4.79 Å². The molecule has 1 heteroatoms. The first kappa shape index (κ1) is 8.67. The van der Waals surface area contributed by atoms with Crippen LogP contribution in [0.5, 0.6) is 0 Å². The normalized spacial score (nSPS) is 11.4. The third kappa shape index (κ3) is 7.67. The molecule has 0 aromatic heterocycles. The fraction of sp³-hybridized carbons (Fsp3) is 0.875. The zero-order chi connectivity index (χ0) is 7.33. The highest BCUT2D eigenvalue weighted by atomic mass is 16.1. The lowest BCUT2D eigenvalue weighted by Crippen LogP contribution is -2.03. The molecule has 0 aromatic rings. The Labute approximate surface area is 57.5 Å². The molecule has 0 unspecified atom stereocenters. The van der Waals surface area contributed by atoms with Gasteiger partial charge in [0.25, 0.3) is 0 Å². The fourth-order valence-electron chi connectivity index (χ4n) is 0.716. The summed E-state index contributed by atoms with van der Waals surface area (Å²) in [5.74, 6) is 0. The van der Waals surface area contributed by atoms with E-state index in [0.717, 1.165) is 25.5 Å². The quantitative estimate of drug-likeness (QED) is 0.421. The smallest absolute Gasteiger partial charge is 0.119 e. The number of hydrogen-bond acceptors (Lipinski definition) is 1. The summed E-state index contributed by atoms with van der Waals surface area (Å²) in [6.07, 6.45) is 3.89. The van der Waals surface area contributed by atoms with E-state index < -0.39 is 0 Å². The summed E-state index contributed by atoms with van der Waals surface area (Å²) in [7, 11) is 0. The van der Waals surface area contributed by atoms with E-state index in [1.165, 1.54) is 0 Å². The molecule has 0 aliphatic rings. The highest BCUT2D eigenvalue weighted by Gasteiger charge is 2.07. The van der Waals surface area contributed by atoms with Crippen molar-refractivity contribution in [3.8, 4) is 0 Å². The molecule has 0 heterocycles. The minimum Gasteiger partial charge on any atom is -0.303 e. The Kier molecular flexibility index (Phi) is 3.52. The van der Waals surface area contributed by atoms with Crippen molar-refractivity contribution >= 4 is 6.29 Å². The third-order valence-corrected chi connectivity index (χ3v) is 1.25. The van der Waals surface area contributed by atoms with Crippen LogP contribution in [0.2, 0.25) is 0 Å². The molecule has 0 bridgehead atoms. The summed E-state index contributed by atoms with van der Waals surface area (Å²) in [6.45, 7) is 6.58. The van der Waals surface area contributed by atoms with Crippen LogP contribution in [0.3, 0.4) is 0 Å². The van der Waals surface area contributed by atoms with E-state index in [1.807, 2.05) is 0 Å². The van der Waals surface area contributed by atoms with Gasteiger partial charge in [0.2, 0.25) is 0 Å². The standard InChI is InChI=1S/C8H16O/c1-8(2,3)6-4-5-7-9/h7H,4-6H2,1-3H3. The molecule has 54 valence electrons. The number of unbranched alkanes of at least 4 members (excludes halogenated alkanes) is 1. The maximum Gasteiger partial charge on any atom is 0.119 e. The number of carbonyl (C=O) groups excluding carboxylic acids is 1. The third-order valence-electron chi connectivity index (χ3n) is 1.25. The molecule has 0 aliphatic carbocycles. The molecule has 0 rings (SSSR count). The molecular formula is C8H16O. The fourth-order valence-corrected chi connectivity index (χ4v) is 0.716. The molecule has 0 N–H and O–H groups in total. The average molecular weight is 128 g/mol. The van der Waals surface area contributed by atoms with E-state index in [0.29, 0.717) is 5.41 Å². The molecule has 0 aromatic carbocycles. The van der Waals surface area contributed by atoms with Gasteiger partial charge in [0.1, 0.15) is 6.29 Å². The predicted molar refractivity (Wildman–Crippen MR) is 39.4 cm³/mol. The molecule has 0 amide bonds. The van der Waals surface area contributed by atoms with Crippen LogP contribution in [0.4, 0.5) is 0 Å². The number of aldehydes is 1. The van der Waals surface area contributed by atoms with Gasteiger partial charge in [-0.25, -0.2) is 0 Å². The van der Waals surface area contributed by atoms with E-state index in [4.69, 9.17) is 0 Å². The largest absolute Gasteiger partial charge is 0.303 e. The van der Waals surface area contributed by atoms with Gasteiger partial charge in [-0.05, 0) is 18.3 Å². The molecule has 0 fully saturated rings. The lowest BCUT2D eigenvalue weighted by Gasteiger charge is -2.16. The van der Waals surface area contributed by atoms with Gasteiger partial charge >= 0.3 is 0 Å². The first-order valence-electron chi connectivity index (χ1n) is 3.50. The molecule has 1 nitrogen and oxygen atoms in total. The summed E-state index contributed by atoms with van der Waals surface area (Å²) in [5, 5.41) is 0. The average Bonchev–Trinajstić information content (AvgIpc) is 1.63. The SMILES string of the molecule is CC(C)(C)CCCC=O. The zero-order valence-corrected chi connectivity index (χ0v) is 6.61. The van der Waals surface area contributed by atoms with Crippen LogP contribution in [0.15, 0.2) is 0 Å². The second kappa shape index (κ2) is 3.65. The summed E-state index contributed by atoms with van der Waals surface area (Å²) >= 11 is 0. The van der Waals surface area contributed by atoms with Crippen LogP contribution < -0.4 is 0 Å². The van der Waals surface area contributed by atoms with Crippen molar-refractivity contribution < 1.29 is 4.79 Å². The molecule has 9 heavy (non-hydrogen) atoms. The topological polar surface area (TPSA) is 17.1 Å². The Morgan fingerprint density at radius 2 is 1.89 bits per heavy atom. The van der Waals surface area contributed by atoms with Gasteiger partial charge in [0, 0.05) is 6.42 Å². The molecule has 0 atom stereocenters. The summed E-state index contributed by atoms with van der Waals surface area (Å²) in [6, 6.07) is 0. The summed E-state index contributed by atoms with van der Waals surface area (Å²) < 4.78 is 0. The van der Waals surface area contributed by atoms with E-state index in [-0.39, 0.29) is 0 Å². The lowest BCUT2D eigenvalue weighted by molar-refractivity contribution is -0.108. The van der Waals surface area contributed by atoms with Gasteiger partial charge in [-0.2, -0.15) is 0 Å². The Balaban J connectivity index is 3.17. The van der Waals surface area contributed by atoms with Crippen molar-refractivity contribution in [2.45, 2.75) is 40.0 Å². The van der Waals surface area contributed by atoms with Crippen molar-refractivity contribution in [3.63, 3.8) is 0 Å². The van der Waals surface area contributed by atoms with Crippen molar-refractivity contribution in [1.29, 1.82) is 0 Å². The highest BCUT2D eigenvalue weighted by molar-refractivity contribution is 5.48. The van der Waals surface area contributed by atoms with E-state index >= 15 is 0 Å². The predicted octanol–water partition coefficient (Wildman–Crippen LogP) is 2.40. The maximum atomic E-state index is 9.89. The first-order valence-corrected chi connectivity index (χ1v) is 3.50. The Morgan fingerprint density at radius 1 is 1.33 bits per heavy atom. The van der Waals surface area contributed by atoms with Crippen LogP contribution in [0, 0.1) is 5.41 Å². The molecule has 0 saturated heterocycles. The van der Waals surface area contributed by atoms with Crippen LogP contribution in [-0.4, -0.2) is 6.29 Å². The minimum absolute atomic E-state index is 0.392. The van der Waals surface area contributed by atoms with Crippen molar-refractivity contribution in [2.24, 2.45) is 5.41 Å². The Hall–Kier alpha value is -0.330. The van der Waals surface area contributed by atoms with E-state index in [9.17, 15) is 4.79 Å². The van der Waals surface area contributed by atoms with Crippen molar-refractivity contribution in [3.05, 3.63) is 0 Å². The molecule has 0 aliphatic heterocycles. The van der Waals surface area contributed by atoms with Crippen LogP contribution in [0.1, 0.15) is 40.0 Å². The van der Waals surface area contributed by atoms with Crippen molar-refractivity contribution in [2.75, 3.05) is 0 Å². The van der Waals surface area contributed by atoms with Gasteiger partial charge in [-0.3, -0.25) is 0 Å². The van der Waals surface area contributed by atoms with Crippen molar-refractivity contribution in [1.82, 2.24) is 0 Å². The van der Waals surface area contributed by atoms with Gasteiger partial charge in [-0.15, -0.1) is 0 Å². The van der Waals surface area contributed by atoms with E-state index in [1.54, 1.807) is 0 Å². The van der Waals surface area contributed by atoms with Gasteiger partial charge in [-0.1, -0.05) is 20.8 Å². The lowest BCUT2D eigenvalue weighted by atomic mass is 9.90. The molecular weight excluding hydrogens is 112 g/mol. The Morgan fingerprint density at radius 3 is 2.22 bits per heavy atom. The second-order valence-electron chi connectivity index (χ2n) is 3.62. The van der Waals surface area contributed by atoms with Crippen LogP contribution >= 0.6 is 0 Å². The number of rotatable bonds is 3. The number of carbonyl (C=O) groups is 1. The van der Waals surface area contributed by atoms with Gasteiger partial charge in [0.05, 0.1) is 0 Å². The van der Waals surface area contributed by atoms with Gasteiger partial charge < -0.3 is 4.79 Å². The van der Waals surface area contributed by atoms with E-state index in [2.05, 4.69) is 20.8 Å². The minimum atomic E-state index is 0.392. The van der Waals surface area contributed by atoms with Gasteiger partial charge in [0.15, 0.2) is 0 Å². The molecule has 0 saturated carbocycles. The highest BCUT2D eigenvalue weighted by Crippen LogP contribution is 2.20. The second-order valence-corrected chi connectivity index (χ2v) is 3.62. The summed E-state index contributed by atoms with van der Waals surface area (Å²) in [4.78, 5) is 9.89. The molecule has 0 spiro atoms. The van der Waals surface area contributed by atoms with Crippen LogP contribution in [0.25, 0.3) is 0 Å².